The van der Waals surface area contributed by atoms with Gasteiger partial charge in [0.25, 0.3) is 0 Å². The fourth-order valence-electron chi connectivity index (χ4n) is 1.54. The second kappa shape index (κ2) is 3.89. The molecule has 16 heavy (non-hydrogen) atoms. The summed E-state index contributed by atoms with van der Waals surface area (Å²) in [4.78, 5) is 11.4. The van der Waals surface area contributed by atoms with E-state index in [4.69, 9.17) is 0 Å². The van der Waals surface area contributed by atoms with Crippen LogP contribution in [0.3, 0.4) is 0 Å². The number of Topliss-reactive ketones (excluding diaryl/α,β-unsaturated/α-hetero) is 1. The van der Waals surface area contributed by atoms with Crippen molar-refractivity contribution < 1.29 is 9.18 Å². The van der Waals surface area contributed by atoms with Crippen molar-refractivity contribution in [2.24, 2.45) is 0 Å². The van der Waals surface area contributed by atoms with Crippen molar-refractivity contribution in [3.05, 3.63) is 47.5 Å². The summed E-state index contributed by atoms with van der Waals surface area (Å²) in [5, 5.41) is 4.20. The number of aromatic nitrogens is 2. The van der Waals surface area contributed by atoms with E-state index in [0.29, 0.717) is 11.3 Å². The Bertz CT molecular complexity index is 546. The highest BCUT2D eigenvalue weighted by Gasteiger charge is 2.10. The lowest BCUT2D eigenvalue weighted by Crippen LogP contribution is -2.04. The molecule has 0 aliphatic rings. The first kappa shape index (κ1) is 10.5. The molecule has 1 aromatic heterocycles. The molecule has 0 saturated carbocycles. The quantitative estimate of drug-likeness (QED) is 0.726. The van der Waals surface area contributed by atoms with Crippen LogP contribution >= 0.6 is 0 Å². The summed E-state index contributed by atoms with van der Waals surface area (Å²) in [6, 6.07) is 5.93. The van der Waals surface area contributed by atoms with Crippen LogP contribution in [0.15, 0.2) is 30.5 Å². The third-order valence-electron chi connectivity index (χ3n) is 2.31. The van der Waals surface area contributed by atoms with Gasteiger partial charge in [-0.1, -0.05) is 0 Å². The first-order chi connectivity index (χ1) is 7.58. The van der Waals surface area contributed by atoms with Gasteiger partial charge in [-0.25, -0.2) is 9.07 Å². The van der Waals surface area contributed by atoms with Crippen LogP contribution in [0.5, 0.6) is 0 Å². The molecule has 0 atom stereocenters. The van der Waals surface area contributed by atoms with Crippen LogP contribution in [0.25, 0.3) is 5.69 Å². The Morgan fingerprint density at radius 2 is 2.12 bits per heavy atom. The maximum absolute atomic E-state index is 13.0. The second-order valence-electron chi connectivity index (χ2n) is 3.62. The number of hydrogen-bond acceptors (Lipinski definition) is 2. The molecule has 0 spiro atoms. The van der Waals surface area contributed by atoms with Crippen LogP contribution in [0.2, 0.25) is 0 Å². The SMILES string of the molecule is CC(=O)c1cc(F)ccc1-n1ccc(C)n1. The standard InChI is InChI=1S/C12H11FN2O/c1-8-5-6-15(14-8)12-4-3-10(13)7-11(12)9(2)16/h3-7H,1-2H3. The molecule has 1 aromatic carbocycles. The van der Waals surface area contributed by atoms with Gasteiger partial charge in [-0.15, -0.1) is 0 Å². The number of carbonyl (C=O) groups excluding carboxylic acids is 1. The molecule has 4 heteroatoms. The minimum absolute atomic E-state index is 0.178. The second-order valence-corrected chi connectivity index (χ2v) is 3.62. The minimum atomic E-state index is -0.419. The molecule has 0 bridgehead atoms. The van der Waals surface area contributed by atoms with Gasteiger partial charge in [0.1, 0.15) is 5.82 Å². The molecule has 0 saturated heterocycles. The lowest BCUT2D eigenvalue weighted by Gasteiger charge is -2.06. The molecule has 82 valence electrons. The lowest BCUT2D eigenvalue weighted by molar-refractivity contribution is 0.101. The predicted molar refractivity (Wildman–Crippen MR) is 58.3 cm³/mol. The summed E-state index contributed by atoms with van der Waals surface area (Å²) >= 11 is 0. The largest absolute Gasteiger partial charge is 0.294 e. The van der Waals surface area contributed by atoms with E-state index in [-0.39, 0.29) is 5.78 Å². The van der Waals surface area contributed by atoms with Crippen LogP contribution in [0.4, 0.5) is 4.39 Å². The van der Waals surface area contributed by atoms with E-state index < -0.39 is 5.82 Å². The van der Waals surface area contributed by atoms with Gasteiger partial charge in [-0.3, -0.25) is 4.79 Å². The summed E-state index contributed by atoms with van der Waals surface area (Å²) in [6.07, 6.45) is 1.75. The monoisotopic (exact) mass is 218 g/mol. The number of rotatable bonds is 2. The molecule has 0 fully saturated rings. The Hall–Kier alpha value is -1.97. The van der Waals surface area contributed by atoms with Gasteiger partial charge in [0.15, 0.2) is 5.78 Å². The zero-order valence-electron chi connectivity index (χ0n) is 9.07. The molecule has 3 nitrogen and oxygen atoms in total. The van der Waals surface area contributed by atoms with Crippen LogP contribution in [-0.4, -0.2) is 15.6 Å². The summed E-state index contributed by atoms with van der Waals surface area (Å²) in [5.41, 5.74) is 1.78. The van der Waals surface area contributed by atoms with Crippen LogP contribution in [-0.2, 0) is 0 Å². The van der Waals surface area contributed by atoms with Crippen molar-refractivity contribution in [3.8, 4) is 5.69 Å². The zero-order chi connectivity index (χ0) is 11.7. The molecule has 2 aromatic rings. The van der Waals surface area contributed by atoms with Crippen molar-refractivity contribution in [3.63, 3.8) is 0 Å². The minimum Gasteiger partial charge on any atom is -0.294 e. The lowest BCUT2D eigenvalue weighted by atomic mass is 10.1. The number of halogens is 1. The van der Waals surface area contributed by atoms with Crippen molar-refractivity contribution in [1.82, 2.24) is 9.78 Å². The average molecular weight is 218 g/mol. The van der Waals surface area contributed by atoms with E-state index in [0.717, 1.165) is 5.69 Å². The van der Waals surface area contributed by atoms with Crippen LogP contribution < -0.4 is 0 Å². The topological polar surface area (TPSA) is 34.9 Å². The molecule has 0 radical (unpaired) electrons. The first-order valence-electron chi connectivity index (χ1n) is 4.91. The third-order valence-corrected chi connectivity index (χ3v) is 2.31. The van der Waals surface area contributed by atoms with E-state index >= 15 is 0 Å². The third kappa shape index (κ3) is 1.86. The van der Waals surface area contributed by atoms with Gasteiger partial charge in [0.2, 0.25) is 0 Å². The normalized spacial score (nSPS) is 10.4. The van der Waals surface area contributed by atoms with Gasteiger partial charge in [0, 0.05) is 11.8 Å². The molecule has 2 rings (SSSR count). The summed E-state index contributed by atoms with van der Waals surface area (Å²) in [5.74, 6) is -0.597. The Kier molecular flexibility index (Phi) is 2.56. The number of benzene rings is 1. The van der Waals surface area contributed by atoms with Gasteiger partial charge in [-0.2, -0.15) is 5.10 Å². The molecule has 0 N–H and O–H groups in total. The molecule has 0 aliphatic heterocycles. The highest BCUT2D eigenvalue weighted by Crippen LogP contribution is 2.16. The summed E-state index contributed by atoms with van der Waals surface area (Å²) in [6.45, 7) is 3.27. The number of nitrogens with zero attached hydrogens (tertiary/aromatic N) is 2. The van der Waals surface area contributed by atoms with Crippen LogP contribution in [0.1, 0.15) is 23.0 Å². The van der Waals surface area contributed by atoms with Crippen molar-refractivity contribution in [1.29, 1.82) is 0 Å². The van der Waals surface area contributed by atoms with Crippen molar-refractivity contribution in [2.75, 3.05) is 0 Å². The molecule has 0 unspecified atom stereocenters. The number of carbonyl (C=O) groups is 1. The van der Waals surface area contributed by atoms with Crippen LogP contribution in [0, 0.1) is 12.7 Å². The van der Waals surface area contributed by atoms with Gasteiger partial charge in [-0.05, 0) is 38.1 Å². The van der Waals surface area contributed by atoms with Gasteiger partial charge < -0.3 is 0 Å². The van der Waals surface area contributed by atoms with Gasteiger partial charge in [0.05, 0.1) is 11.4 Å². The highest BCUT2D eigenvalue weighted by molar-refractivity contribution is 5.97. The van der Waals surface area contributed by atoms with E-state index in [1.54, 1.807) is 16.9 Å². The average Bonchev–Trinajstić information content (AvgIpc) is 2.64. The summed E-state index contributed by atoms with van der Waals surface area (Å²) < 4.78 is 14.6. The maximum Gasteiger partial charge on any atom is 0.162 e. The fraction of sp³-hybridized carbons (Fsp3) is 0.167. The number of hydrogen-bond donors (Lipinski definition) is 0. The summed E-state index contributed by atoms with van der Waals surface area (Å²) in [7, 11) is 0. The first-order valence-corrected chi connectivity index (χ1v) is 4.91. The van der Waals surface area contributed by atoms with E-state index in [9.17, 15) is 9.18 Å². The van der Waals surface area contributed by atoms with Crippen molar-refractivity contribution >= 4 is 5.78 Å². The molecule has 0 amide bonds. The Balaban J connectivity index is 2.60. The molecule has 1 heterocycles. The Morgan fingerprint density at radius 3 is 2.69 bits per heavy atom. The molecule has 0 aliphatic carbocycles. The predicted octanol–water partition coefficient (Wildman–Crippen LogP) is 2.52. The zero-order valence-corrected chi connectivity index (χ0v) is 9.07. The fourth-order valence-corrected chi connectivity index (χ4v) is 1.54. The Labute approximate surface area is 92.5 Å². The number of aryl methyl sites for hydroxylation is 1. The highest BCUT2D eigenvalue weighted by atomic mass is 19.1. The number of ketones is 1. The van der Waals surface area contributed by atoms with E-state index in [1.807, 2.05) is 13.0 Å². The van der Waals surface area contributed by atoms with Crippen molar-refractivity contribution in [2.45, 2.75) is 13.8 Å². The van der Waals surface area contributed by atoms with E-state index in [2.05, 4.69) is 5.10 Å². The molecular formula is C12H11FN2O. The van der Waals surface area contributed by atoms with E-state index in [1.165, 1.54) is 19.1 Å². The van der Waals surface area contributed by atoms with Gasteiger partial charge >= 0.3 is 0 Å². The Morgan fingerprint density at radius 1 is 1.38 bits per heavy atom. The maximum atomic E-state index is 13.0. The smallest absolute Gasteiger partial charge is 0.162 e. The molecular weight excluding hydrogens is 207 g/mol.